The third-order valence-electron chi connectivity index (χ3n) is 2.13. The van der Waals surface area contributed by atoms with Crippen LogP contribution in [0.15, 0.2) is 10.5 Å². The Balaban J connectivity index is 2.67. The van der Waals surface area contributed by atoms with Crippen LogP contribution in [-0.4, -0.2) is 11.7 Å². The highest BCUT2D eigenvalue weighted by molar-refractivity contribution is 9.10. The molecule has 1 aliphatic rings. The van der Waals surface area contributed by atoms with Gasteiger partial charge in [0.05, 0.1) is 27.8 Å². The van der Waals surface area contributed by atoms with E-state index in [0.29, 0.717) is 18.1 Å². The molecule has 0 spiro atoms. The molecule has 1 aliphatic heterocycles. The van der Waals surface area contributed by atoms with E-state index in [0.717, 1.165) is 0 Å². The molecule has 14 heavy (non-hydrogen) atoms. The van der Waals surface area contributed by atoms with E-state index in [1.807, 2.05) is 0 Å². The maximum atomic E-state index is 13.6. The van der Waals surface area contributed by atoms with Crippen LogP contribution in [0.25, 0.3) is 0 Å². The zero-order chi connectivity index (χ0) is 10.3. The van der Waals surface area contributed by atoms with Crippen molar-refractivity contribution >= 4 is 27.5 Å². The van der Waals surface area contributed by atoms with Crippen molar-refractivity contribution in [2.75, 3.05) is 6.61 Å². The summed E-state index contributed by atoms with van der Waals surface area (Å²) in [5, 5.41) is 9.90. The topological polar surface area (TPSA) is 29.5 Å². The molecule has 1 aromatic rings. The van der Waals surface area contributed by atoms with Crippen LogP contribution in [0.5, 0.6) is 5.75 Å². The van der Waals surface area contributed by atoms with Crippen LogP contribution < -0.4 is 4.74 Å². The molecule has 0 amide bonds. The summed E-state index contributed by atoms with van der Waals surface area (Å²) in [6.45, 7) is 0.356. The Morgan fingerprint density at radius 2 is 2.36 bits per heavy atom. The maximum absolute atomic E-state index is 13.6. The summed E-state index contributed by atoms with van der Waals surface area (Å²) in [6.07, 6.45) is -0.454. The van der Waals surface area contributed by atoms with E-state index in [1.165, 1.54) is 6.07 Å². The van der Waals surface area contributed by atoms with E-state index in [2.05, 4.69) is 15.9 Å². The third kappa shape index (κ3) is 1.51. The molecule has 2 nitrogen and oxygen atoms in total. The molecule has 0 saturated heterocycles. The lowest BCUT2D eigenvalue weighted by Crippen LogP contribution is -2.16. The summed E-state index contributed by atoms with van der Waals surface area (Å²) in [7, 11) is 0. The highest BCUT2D eigenvalue weighted by Crippen LogP contribution is 2.42. The van der Waals surface area contributed by atoms with E-state index in [4.69, 9.17) is 16.3 Å². The molecule has 1 aromatic carbocycles. The number of hydrogen-bond donors (Lipinski definition) is 1. The Morgan fingerprint density at radius 3 is 3.07 bits per heavy atom. The van der Waals surface area contributed by atoms with Gasteiger partial charge < -0.3 is 9.84 Å². The van der Waals surface area contributed by atoms with Crippen LogP contribution in [0.2, 0.25) is 5.02 Å². The molecule has 5 heteroatoms. The number of fused-ring (bicyclic) bond motifs is 1. The normalized spacial score (nSPS) is 20.1. The molecule has 0 saturated carbocycles. The van der Waals surface area contributed by atoms with Gasteiger partial charge in [-0.25, -0.2) is 4.39 Å². The highest BCUT2D eigenvalue weighted by atomic mass is 79.9. The van der Waals surface area contributed by atoms with Gasteiger partial charge in [-0.15, -0.1) is 0 Å². The zero-order valence-electron chi connectivity index (χ0n) is 7.06. The maximum Gasteiger partial charge on any atom is 0.147 e. The molecular formula is C9H7BrClFO2. The fourth-order valence-corrected chi connectivity index (χ4v) is 2.30. The van der Waals surface area contributed by atoms with Gasteiger partial charge in [-0.1, -0.05) is 11.6 Å². The number of aliphatic hydroxyl groups excluding tert-OH is 1. The minimum absolute atomic E-state index is 0.149. The summed E-state index contributed by atoms with van der Waals surface area (Å²) in [5.74, 6) is -0.247. The Labute approximate surface area is 93.8 Å². The lowest BCUT2D eigenvalue weighted by molar-refractivity contribution is 0.111. The molecule has 1 atom stereocenters. The molecule has 1 heterocycles. The Morgan fingerprint density at radius 1 is 1.64 bits per heavy atom. The number of hydrogen-bond acceptors (Lipinski definition) is 2. The first-order chi connectivity index (χ1) is 6.61. The monoisotopic (exact) mass is 280 g/mol. The second kappa shape index (κ2) is 3.68. The lowest BCUT2D eigenvalue weighted by Gasteiger charge is -2.23. The summed E-state index contributed by atoms with van der Waals surface area (Å²) in [4.78, 5) is 0. The molecule has 0 fully saturated rings. The average Bonchev–Trinajstić information content (AvgIpc) is 2.14. The molecule has 0 aliphatic carbocycles. The molecule has 1 N–H and O–H groups in total. The number of ether oxygens (including phenoxy) is 1. The van der Waals surface area contributed by atoms with Crippen LogP contribution in [0.1, 0.15) is 18.1 Å². The van der Waals surface area contributed by atoms with E-state index in [-0.39, 0.29) is 15.8 Å². The SMILES string of the molecule is O[C@H]1CCOc2c(Cl)cc(Br)c(F)c21. The number of rotatable bonds is 0. The fraction of sp³-hybridized carbons (Fsp3) is 0.333. The van der Waals surface area contributed by atoms with Gasteiger partial charge in [0.2, 0.25) is 0 Å². The molecule has 0 bridgehead atoms. The Hall–Kier alpha value is -0.320. The van der Waals surface area contributed by atoms with Crippen molar-refractivity contribution in [3.8, 4) is 5.75 Å². The van der Waals surface area contributed by atoms with Crippen LogP contribution in [0.4, 0.5) is 4.39 Å². The zero-order valence-corrected chi connectivity index (χ0v) is 9.40. The van der Waals surface area contributed by atoms with Crippen molar-refractivity contribution in [3.05, 3.63) is 26.9 Å². The average molecular weight is 282 g/mol. The smallest absolute Gasteiger partial charge is 0.147 e. The molecular weight excluding hydrogens is 274 g/mol. The van der Waals surface area contributed by atoms with E-state index >= 15 is 0 Å². The van der Waals surface area contributed by atoms with Gasteiger partial charge in [-0.2, -0.15) is 0 Å². The number of halogens is 3. The second-order valence-corrected chi connectivity index (χ2v) is 4.31. The van der Waals surface area contributed by atoms with Crippen LogP contribution in [-0.2, 0) is 0 Å². The van der Waals surface area contributed by atoms with E-state index in [1.54, 1.807) is 0 Å². The molecule has 0 aromatic heterocycles. The highest BCUT2D eigenvalue weighted by Gasteiger charge is 2.27. The quantitative estimate of drug-likeness (QED) is 0.741. The van der Waals surface area contributed by atoms with Crippen molar-refractivity contribution in [1.29, 1.82) is 0 Å². The fourth-order valence-electron chi connectivity index (χ4n) is 1.46. The first-order valence-corrected chi connectivity index (χ1v) is 5.26. The van der Waals surface area contributed by atoms with Gasteiger partial charge in [-0.3, -0.25) is 0 Å². The Kier molecular flexibility index (Phi) is 2.68. The van der Waals surface area contributed by atoms with Gasteiger partial charge in [0.15, 0.2) is 0 Å². The summed E-state index contributed by atoms with van der Waals surface area (Å²) >= 11 is 8.88. The standard InChI is InChI=1S/C9H7BrClFO2/c10-4-3-5(11)9-7(8(4)12)6(13)1-2-14-9/h3,6,13H,1-2H2/t6-/m0/s1. The largest absolute Gasteiger partial charge is 0.491 e. The van der Waals surface area contributed by atoms with Gasteiger partial charge in [0, 0.05) is 6.42 Å². The first-order valence-electron chi connectivity index (χ1n) is 4.09. The third-order valence-corrected chi connectivity index (χ3v) is 2.99. The molecule has 0 radical (unpaired) electrons. The van der Waals surface area contributed by atoms with Crippen molar-refractivity contribution < 1.29 is 14.2 Å². The van der Waals surface area contributed by atoms with Crippen molar-refractivity contribution in [1.82, 2.24) is 0 Å². The van der Waals surface area contributed by atoms with Crippen LogP contribution in [0.3, 0.4) is 0 Å². The summed E-state index contributed by atoms with van der Waals surface area (Å²) in [5.41, 5.74) is 0.149. The van der Waals surface area contributed by atoms with Crippen molar-refractivity contribution in [2.45, 2.75) is 12.5 Å². The lowest BCUT2D eigenvalue weighted by atomic mass is 10.0. The van der Waals surface area contributed by atoms with Crippen LogP contribution >= 0.6 is 27.5 Å². The summed E-state index contributed by atoms with van der Waals surface area (Å²) in [6, 6.07) is 1.42. The van der Waals surface area contributed by atoms with Gasteiger partial charge in [-0.05, 0) is 22.0 Å². The van der Waals surface area contributed by atoms with E-state index in [9.17, 15) is 9.50 Å². The minimum Gasteiger partial charge on any atom is -0.491 e. The predicted octanol–water partition coefficient (Wildman–Crippen LogP) is 3.06. The first kappa shape index (κ1) is 10.2. The van der Waals surface area contributed by atoms with Crippen molar-refractivity contribution in [2.24, 2.45) is 0 Å². The molecule has 0 unspecified atom stereocenters. The van der Waals surface area contributed by atoms with Crippen molar-refractivity contribution in [3.63, 3.8) is 0 Å². The Bertz CT molecular complexity index is 384. The molecule has 76 valence electrons. The van der Waals surface area contributed by atoms with Gasteiger partial charge in [0.1, 0.15) is 11.6 Å². The summed E-state index contributed by atoms with van der Waals surface area (Å²) < 4.78 is 19.0. The minimum atomic E-state index is -0.839. The molecule has 2 rings (SSSR count). The predicted molar refractivity (Wildman–Crippen MR) is 54.2 cm³/mol. The van der Waals surface area contributed by atoms with Crippen LogP contribution in [0, 0.1) is 5.82 Å². The van der Waals surface area contributed by atoms with E-state index < -0.39 is 11.9 Å². The second-order valence-electron chi connectivity index (χ2n) is 3.05. The van der Waals surface area contributed by atoms with Gasteiger partial charge >= 0.3 is 0 Å². The van der Waals surface area contributed by atoms with Gasteiger partial charge in [0.25, 0.3) is 0 Å². The number of aliphatic hydroxyl groups is 1. The number of benzene rings is 1.